The zero-order valence-electron chi connectivity index (χ0n) is 15.7. The number of carbonyl (C=O) groups is 1. The van der Waals surface area contributed by atoms with Gasteiger partial charge in [0, 0.05) is 39.6 Å². The standard InChI is InChI=1S/C24H18N4O/c1-14(11-25)12-28-13-19-16(7-8-20(26)23(19)24(28)29)15-6-9-22-18(10-15)17-4-2-3-5-21(17)27-22/h2-10,27H,1,12-13,26H2. The van der Waals surface area contributed by atoms with E-state index in [0.717, 1.165) is 33.1 Å². The van der Waals surface area contributed by atoms with Gasteiger partial charge in [0.1, 0.15) is 0 Å². The number of aromatic nitrogens is 1. The summed E-state index contributed by atoms with van der Waals surface area (Å²) in [6.45, 7) is 4.33. The second-order valence-electron chi connectivity index (χ2n) is 7.36. The van der Waals surface area contributed by atoms with Gasteiger partial charge >= 0.3 is 0 Å². The van der Waals surface area contributed by atoms with E-state index in [-0.39, 0.29) is 12.5 Å². The van der Waals surface area contributed by atoms with Crippen molar-refractivity contribution in [2.75, 3.05) is 12.3 Å². The van der Waals surface area contributed by atoms with Crippen LogP contribution in [0.25, 0.3) is 32.9 Å². The van der Waals surface area contributed by atoms with E-state index in [4.69, 9.17) is 11.0 Å². The van der Waals surface area contributed by atoms with Crippen LogP contribution in [-0.2, 0) is 6.54 Å². The summed E-state index contributed by atoms with van der Waals surface area (Å²) in [5.41, 5.74) is 12.6. The van der Waals surface area contributed by atoms with Gasteiger partial charge in [0.15, 0.2) is 0 Å². The van der Waals surface area contributed by atoms with Crippen LogP contribution in [0.3, 0.4) is 0 Å². The van der Waals surface area contributed by atoms with E-state index >= 15 is 0 Å². The number of hydrogen-bond acceptors (Lipinski definition) is 3. The summed E-state index contributed by atoms with van der Waals surface area (Å²) in [5.74, 6) is -0.149. The number of fused-ring (bicyclic) bond motifs is 4. The normalized spacial score (nSPS) is 13.1. The van der Waals surface area contributed by atoms with Crippen molar-refractivity contribution in [2.45, 2.75) is 6.54 Å². The molecule has 1 amide bonds. The van der Waals surface area contributed by atoms with Crippen LogP contribution in [0.4, 0.5) is 5.69 Å². The van der Waals surface area contributed by atoms with Crippen molar-refractivity contribution in [1.82, 2.24) is 9.88 Å². The third-order valence-corrected chi connectivity index (χ3v) is 5.55. The van der Waals surface area contributed by atoms with Gasteiger partial charge in [-0.15, -0.1) is 0 Å². The van der Waals surface area contributed by atoms with E-state index in [1.165, 1.54) is 5.39 Å². The Morgan fingerprint density at radius 2 is 1.93 bits per heavy atom. The average molecular weight is 378 g/mol. The fourth-order valence-corrected chi connectivity index (χ4v) is 4.18. The van der Waals surface area contributed by atoms with Gasteiger partial charge in [0.25, 0.3) is 5.91 Å². The van der Waals surface area contributed by atoms with Gasteiger partial charge < -0.3 is 15.6 Å². The number of aromatic amines is 1. The zero-order valence-corrected chi connectivity index (χ0v) is 15.7. The van der Waals surface area contributed by atoms with E-state index in [9.17, 15) is 4.79 Å². The van der Waals surface area contributed by atoms with Crippen LogP contribution < -0.4 is 5.73 Å². The van der Waals surface area contributed by atoms with Crippen molar-refractivity contribution in [3.8, 4) is 17.2 Å². The summed E-state index contributed by atoms with van der Waals surface area (Å²) in [7, 11) is 0. The van der Waals surface area contributed by atoms with Crippen LogP contribution in [-0.4, -0.2) is 22.3 Å². The Hall–Kier alpha value is -4.04. The Balaban J connectivity index is 1.66. The predicted octanol–water partition coefficient (Wildman–Crippen LogP) is 4.61. The highest BCUT2D eigenvalue weighted by Gasteiger charge is 2.32. The fourth-order valence-electron chi connectivity index (χ4n) is 4.18. The number of hydrogen-bond donors (Lipinski definition) is 2. The molecule has 1 aliphatic rings. The molecule has 0 saturated carbocycles. The number of nitrogens with zero attached hydrogens (tertiary/aromatic N) is 2. The fraction of sp³-hybridized carbons (Fsp3) is 0.0833. The monoisotopic (exact) mass is 378 g/mol. The molecule has 5 heteroatoms. The number of nitriles is 1. The minimum atomic E-state index is -0.149. The van der Waals surface area contributed by atoms with E-state index in [0.29, 0.717) is 23.4 Å². The molecule has 0 fully saturated rings. The largest absolute Gasteiger partial charge is 0.398 e. The Kier molecular flexibility index (Phi) is 3.68. The molecule has 0 spiro atoms. The van der Waals surface area contributed by atoms with Gasteiger partial charge in [0.05, 0.1) is 18.2 Å². The molecule has 0 bridgehead atoms. The first-order chi connectivity index (χ1) is 14.1. The molecular formula is C24H18N4O. The number of nitrogens with one attached hydrogen (secondary N) is 1. The molecule has 1 aliphatic heterocycles. The number of nitrogens with two attached hydrogens (primary N) is 1. The minimum absolute atomic E-state index is 0.149. The molecule has 0 saturated heterocycles. The molecule has 5 rings (SSSR count). The third-order valence-electron chi connectivity index (χ3n) is 5.55. The molecule has 0 atom stereocenters. The maximum absolute atomic E-state index is 12.9. The van der Waals surface area contributed by atoms with Crippen LogP contribution in [0.2, 0.25) is 0 Å². The summed E-state index contributed by atoms with van der Waals surface area (Å²) in [6.07, 6.45) is 0. The maximum Gasteiger partial charge on any atom is 0.256 e. The van der Waals surface area contributed by atoms with Gasteiger partial charge in [-0.2, -0.15) is 5.26 Å². The summed E-state index contributed by atoms with van der Waals surface area (Å²) < 4.78 is 0. The number of carbonyl (C=O) groups excluding carboxylic acids is 1. The molecule has 0 radical (unpaired) electrons. The number of amides is 1. The summed E-state index contributed by atoms with van der Waals surface area (Å²) in [5, 5.41) is 11.3. The molecular weight excluding hydrogens is 360 g/mol. The molecule has 0 aliphatic carbocycles. The van der Waals surface area contributed by atoms with Gasteiger partial charge in [-0.1, -0.05) is 36.9 Å². The first-order valence-electron chi connectivity index (χ1n) is 9.36. The number of benzene rings is 3. The third kappa shape index (κ3) is 2.58. The van der Waals surface area contributed by atoms with Gasteiger partial charge in [-0.05, 0) is 41.0 Å². The van der Waals surface area contributed by atoms with E-state index < -0.39 is 0 Å². The van der Waals surface area contributed by atoms with Crippen molar-refractivity contribution in [3.05, 3.63) is 77.9 Å². The molecule has 4 aromatic rings. The van der Waals surface area contributed by atoms with Crippen molar-refractivity contribution >= 4 is 33.4 Å². The molecule has 2 heterocycles. The SMILES string of the molecule is C=C(C#N)CN1Cc2c(-c3ccc4[nH]c5ccccc5c4c3)ccc(N)c2C1=O. The minimum Gasteiger partial charge on any atom is -0.398 e. The second kappa shape index (κ2) is 6.25. The topological polar surface area (TPSA) is 85.9 Å². The van der Waals surface area contributed by atoms with Crippen molar-refractivity contribution in [2.24, 2.45) is 0 Å². The molecule has 5 nitrogen and oxygen atoms in total. The molecule has 1 aromatic heterocycles. The first-order valence-corrected chi connectivity index (χ1v) is 9.36. The quantitative estimate of drug-likeness (QED) is 0.403. The highest BCUT2D eigenvalue weighted by atomic mass is 16.2. The lowest BCUT2D eigenvalue weighted by atomic mass is 9.94. The number of anilines is 1. The van der Waals surface area contributed by atoms with Crippen LogP contribution >= 0.6 is 0 Å². The second-order valence-corrected chi connectivity index (χ2v) is 7.36. The van der Waals surface area contributed by atoms with Gasteiger partial charge in [0.2, 0.25) is 0 Å². The highest BCUT2D eigenvalue weighted by Crippen LogP contribution is 2.38. The average Bonchev–Trinajstić information content (AvgIpc) is 3.26. The zero-order chi connectivity index (χ0) is 20.1. The Morgan fingerprint density at radius 1 is 1.14 bits per heavy atom. The van der Waals surface area contributed by atoms with E-state index in [1.807, 2.05) is 24.3 Å². The Bertz CT molecular complexity index is 1370. The van der Waals surface area contributed by atoms with E-state index in [1.54, 1.807) is 11.0 Å². The summed E-state index contributed by atoms with van der Waals surface area (Å²) >= 11 is 0. The summed E-state index contributed by atoms with van der Waals surface area (Å²) in [4.78, 5) is 18.0. The van der Waals surface area contributed by atoms with Crippen molar-refractivity contribution in [1.29, 1.82) is 5.26 Å². The van der Waals surface area contributed by atoms with Crippen LogP contribution in [0.5, 0.6) is 0 Å². The number of para-hydroxylation sites is 1. The van der Waals surface area contributed by atoms with E-state index in [2.05, 4.69) is 41.9 Å². The van der Waals surface area contributed by atoms with Crippen LogP contribution in [0.1, 0.15) is 15.9 Å². The highest BCUT2D eigenvalue weighted by molar-refractivity contribution is 6.09. The first kappa shape index (κ1) is 17.1. The van der Waals surface area contributed by atoms with Crippen molar-refractivity contribution in [3.63, 3.8) is 0 Å². The predicted molar refractivity (Wildman–Crippen MR) is 115 cm³/mol. The molecule has 140 valence electrons. The van der Waals surface area contributed by atoms with Gasteiger partial charge in [-0.25, -0.2) is 0 Å². The lowest BCUT2D eigenvalue weighted by molar-refractivity contribution is 0.0794. The number of nitrogen functional groups attached to an aromatic ring is 1. The van der Waals surface area contributed by atoms with Crippen LogP contribution in [0.15, 0.2) is 66.7 Å². The maximum atomic E-state index is 12.9. The lowest BCUT2D eigenvalue weighted by Gasteiger charge is -2.14. The Morgan fingerprint density at radius 3 is 2.76 bits per heavy atom. The number of H-pyrrole nitrogens is 1. The lowest BCUT2D eigenvalue weighted by Crippen LogP contribution is -2.26. The molecule has 3 aromatic carbocycles. The van der Waals surface area contributed by atoms with Crippen molar-refractivity contribution < 1.29 is 4.79 Å². The Labute approximate surface area is 167 Å². The number of rotatable bonds is 3. The molecule has 0 unspecified atom stereocenters. The summed E-state index contributed by atoms with van der Waals surface area (Å²) in [6, 6.07) is 20.3. The van der Waals surface area contributed by atoms with Crippen LogP contribution in [0, 0.1) is 11.3 Å². The molecule has 29 heavy (non-hydrogen) atoms. The smallest absolute Gasteiger partial charge is 0.256 e. The molecule has 3 N–H and O–H groups in total. The van der Waals surface area contributed by atoms with Gasteiger partial charge in [-0.3, -0.25) is 4.79 Å².